The number of nitrogens with one attached hydrogen (secondary N) is 1. The lowest BCUT2D eigenvalue weighted by Gasteiger charge is -2.36. The summed E-state index contributed by atoms with van der Waals surface area (Å²) in [4.78, 5) is 6.52. The van der Waals surface area contributed by atoms with Gasteiger partial charge in [0.25, 0.3) is 0 Å². The molecule has 1 fully saturated rings. The normalized spacial score (nSPS) is 18.3. The Morgan fingerprint density at radius 2 is 2.11 bits per heavy atom. The van der Waals surface area contributed by atoms with Crippen LogP contribution >= 0.6 is 0 Å². The molecule has 0 radical (unpaired) electrons. The van der Waals surface area contributed by atoms with Gasteiger partial charge in [0.05, 0.1) is 7.11 Å². The lowest BCUT2D eigenvalue weighted by atomic mass is 10.0. The van der Waals surface area contributed by atoms with E-state index in [1.807, 2.05) is 18.3 Å². The number of nitrogens with zero attached hydrogens (tertiary/aromatic N) is 2. The number of benzene rings is 1. The van der Waals surface area contributed by atoms with Crippen LogP contribution in [0.15, 0.2) is 42.7 Å². The zero-order valence-electron chi connectivity index (χ0n) is 15.0. The number of methoxy groups -OCH3 is 1. The Balaban J connectivity index is 1.73. The highest BCUT2D eigenvalue weighted by atomic mass is 19.4. The molecule has 0 saturated carbocycles. The lowest BCUT2D eigenvalue weighted by molar-refractivity contribution is -0.153. The minimum absolute atomic E-state index is 0.0858. The van der Waals surface area contributed by atoms with E-state index in [-0.39, 0.29) is 11.8 Å². The molecule has 0 bridgehead atoms. The van der Waals surface area contributed by atoms with E-state index < -0.39 is 12.8 Å². The number of halogens is 3. The first-order valence-electron chi connectivity index (χ1n) is 8.67. The van der Waals surface area contributed by atoms with Gasteiger partial charge in [0.2, 0.25) is 0 Å². The molecule has 8 heteroatoms. The fraction of sp³-hybridized carbons (Fsp3) is 0.421. The van der Waals surface area contributed by atoms with Gasteiger partial charge in [0, 0.05) is 44.6 Å². The Kier molecular flexibility index (Phi) is 6.18. The molecule has 1 atom stereocenters. The molecule has 1 aromatic heterocycles. The predicted molar refractivity (Wildman–Crippen MR) is 94.8 cm³/mol. The van der Waals surface area contributed by atoms with E-state index in [2.05, 4.69) is 15.2 Å². The van der Waals surface area contributed by atoms with Crippen LogP contribution in [0.25, 0.3) is 0 Å². The summed E-state index contributed by atoms with van der Waals surface area (Å²) >= 11 is 0. The molecule has 1 aliphatic heterocycles. The number of alkyl halides is 3. The van der Waals surface area contributed by atoms with Crippen LogP contribution in [0.4, 0.5) is 13.2 Å². The molecule has 1 aliphatic rings. The van der Waals surface area contributed by atoms with E-state index in [0.717, 1.165) is 30.8 Å². The van der Waals surface area contributed by atoms with Gasteiger partial charge in [-0.25, -0.2) is 0 Å². The molecule has 1 unspecified atom stereocenters. The van der Waals surface area contributed by atoms with Crippen LogP contribution in [-0.2, 0) is 6.54 Å². The summed E-state index contributed by atoms with van der Waals surface area (Å²) in [6, 6.07) is 9.18. The summed E-state index contributed by atoms with van der Waals surface area (Å²) < 4.78 is 47.2. The van der Waals surface area contributed by atoms with E-state index in [0.29, 0.717) is 12.3 Å². The summed E-state index contributed by atoms with van der Waals surface area (Å²) in [7, 11) is 1.42. The first-order valence-corrected chi connectivity index (χ1v) is 8.67. The van der Waals surface area contributed by atoms with Crippen LogP contribution in [0.2, 0.25) is 0 Å². The van der Waals surface area contributed by atoms with E-state index in [1.54, 1.807) is 18.3 Å². The minimum Gasteiger partial charge on any atom is -0.493 e. The van der Waals surface area contributed by atoms with Crippen LogP contribution in [0, 0.1) is 0 Å². The zero-order chi connectivity index (χ0) is 19.3. The van der Waals surface area contributed by atoms with Gasteiger partial charge in [-0.3, -0.25) is 9.88 Å². The third-order valence-corrected chi connectivity index (χ3v) is 4.43. The molecule has 1 saturated heterocycles. The number of hydrogen-bond donors (Lipinski definition) is 1. The van der Waals surface area contributed by atoms with Gasteiger partial charge in [-0.2, -0.15) is 13.2 Å². The van der Waals surface area contributed by atoms with Gasteiger partial charge in [-0.05, 0) is 29.3 Å². The second-order valence-electron chi connectivity index (χ2n) is 6.37. The fourth-order valence-corrected chi connectivity index (χ4v) is 3.16. The van der Waals surface area contributed by atoms with E-state index in [1.165, 1.54) is 13.2 Å². The van der Waals surface area contributed by atoms with Crippen molar-refractivity contribution < 1.29 is 22.6 Å². The van der Waals surface area contributed by atoms with Crippen LogP contribution in [-0.4, -0.2) is 49.4 Å². The van der Waals surface area contributed by atoms with Crippen molar-refractivity contribution in [2.75, 3.05) is 33.4 Å². The maximum Gasteiger partial charge on any atom is 0.422 e. The van der Waals surface area contributed by atoms with Crippen molar-refractivity contribution >= 4 is 0 Å². The molecule has 0 spiro atoms. The largest absolute Gasteiger partial charge is 0.493 e. The molecule has 1 N–H and O–H groups in total. The number of aromatic nitrogens is 1. The van der Waals surface area contributed by atoms with Crippen LogP contribution in [0.3, 0.4) is 0 Å². The molecule has 3 rings (SSSR count). The van der Waals surface area contributed by atoms with E-state index in [4.69, 9.17) is 9.47 Å². The highest BCUT2D eigenvalue weighted by Crippen LogP contribution is 2.31. The van der Waals surface area contributed by atoms with Crippen LogP contribution < -0.4 is 14.8 Å². The summed E-state index contributed by atoms with van der Waals surface area (Å²) in [5, 5.41) is 3.39. The fourth-order valence-electron chi connectivity index (χ4n) is 3.16. The maximum atomic E-state index is 12.4. The van der Waals surface area contributed by atoms with Gasteiger partial charge in [0.1, 0.15) is 0 Å². The summed E-state index contributed by atoms with van der Waals surface area (Å²) in [5.41, 5.74) is 2.07. The molecule has 27 heavy (non-hydrogen) atoms. The lowest BCUT2D eigenvalue weighted by Crippen LogP contribution is -2.45. The molecular weight excluding hydrogens is 359 g/mol. The Morgan fingerprint density at radius 1 is 1.26 bits per heavy atom. The maximum absolute atomic E-state index is 12.4. The first kappa shape index (κ1) is 19.4. The van der Waals surface area contributed by atoms with E-state index >= 15 is 0 Å². The monoisotopic (exact) mass is 381 g/mol. The Bertz CT molecular complexity index is 741. The topological polar surface area (TPSA) is 46.6 Å². The molecule has 2 heterocycles. The minimum atomic E-state index is -4.39. The quantitative estimate of drug-likeness (QED) is 0.833. The second kappa shape index (κ2) is 8.58. The summed E-state index contributed by atoms with van der Waals surface area (Å²) in [6.07, 6.45) is -0.782. The molecular formula is C19H22F3N3O2. The smallest absolute Gasteiger partial charge is 0.422 e. The van der Waals surface area contributed by atoms with Crippen molar-refractivity contribution in [3.8, 4) is 11.5 Å². The molecule has 2 aromatic rings. The van der Waals surface area contributed by atoms with Crippen molar-refractivity contribution in [1.82, 2.24) is 15.2 Å². The second-order valence-corrected chi connectivity index (χ2v) is 6.37. The Hall–Kier alpha value is -2.32. The van der Waals surface area contributed by atoms with Crippen molar-refractivity contribution in [3.05, 3.63) is 53.9 Å². The van der Waals surface area contributed by atoms with Crippen molar-refractivity contribution in [2.24, 2.45) is 0 Å². The number of pyridine rings is 1. The molecule has 5 nitrogen and oxygen atoms in total. The number of piperazine rings is 1. The highest BCUT2D eigenvalue weighted by Gasteiger charge is 2.29. The van der Waals surface area contributed by atoms with Gasteiger partial charge in [-0.1, -0.05) is 12.1 Å². The number of ether oxygens (including phenoxy) is 2. The number of hydrogen-bond acceptors (Lipinski definition) is 5. The number of rotatable bonds is 6. The third kappa shape index (κ3) is 5.33. The van der Waals surface area contributed by atoms with Crippen molar-refractivity contribution in [2.45, 2.75) is 18.8 Å². The molecule has 0 amide bonds. The predicted octanol–water partition coefficient (Wildman–Crippen LogP) is 3.18. The first-order chi connectivity index (χ1) is 13.0. The summed E-state index contributed by atoms with van der Waals surface area (Å²) in [6.45, 7) is 1.85. The standard InChI is InChI=1S/C19H22F3N3O2/c1-26-18-9-14(4-5-17(18)27-13-19(20,21)22)12-25-8-7-24-11-16(25)15-3-2-6-23-10-15/h2-6,9-10,16,24H,7-8,11-13H2,1H3. The highest BCUT2D eigenvalue weighted by molar-refractivity contribution is 5.43. The molecule has 146 valence electrons. The average molecular weight is 381 g/mol. The Morgan fingerprint density at radius 3 is 2.81 bits per heavy atom. The van der Waals surface area contributed by atoms with Gasteiger partial charge < -0.3 is 14.8 Å². The van der Waals surface area contributed by atoms with Gasteiger partial charge in [0.15, 0.2) is 18.1 Å². The summed E-state index contributed by atoms with van der Waals surface area (Å²) in [5.74, 6) is 0.382. The van der Waals surface area contributed by atoms with E-state index in [9.17, 15) is 13.2 Å². The third-order valence-electron chi connectivity index (χ3n) is 4.43. The molecule has 1 aromatic carbocycles. The van der Waals surface area contributed by atoms with Crippen LogP contribution in [0.1, 0.15) is 17.2 Å². The van der Waals surface area contributed by atoms with Gasteiger partial charge in [-0.15, -0.1) is 0 Å². The van der Waals surface area contributed by atoms with Gasteiger partial charge >= 0.3 is 6.18 Å². The van der Waals surface area contributed by atoms with Crippen LogP contribution in [0.5, 0.6) is 11.5 Å². The van der Waals surface area contributed by atoms with Crippen molar-refractivity contribution in [3.63, 3.8) is 0 Å². The average Bonchev–Trinajstić information content (AvgIpc) is 2.67. The SMILES string of the molecule is COc1cc(CN2CCNCC2c2cccnc2)ccc1OCC(F)(F)F. The van der Waals surface area contributed by atoms with Crippen molar-refractivity contribution in [1.29, 1.82) is 0 Å². The molecule has 0 aliphatic carbocycles. The Labute approximate surface area is 156 Å². The zero-order valence-corrected chi connectivity index (χ0v) is 15.0.